The van der Waals surface area contributed by atoms with Crippen molar-refractivity contribution in [1.82, 2.24) is 20.3 Å². The lowest BCUT2D eigenvalue weighted by Crippen LogP contribution is -2.21. The molecule has 0 spiro atoms. The number of rotatable bonds is 7. The van der Waals surface area contributed by atoms with Crippen LogP contribution < -0.4 is 5.32 Å². The minimum Gasteiger partial charge on any atom is -0.387 e. The molecule has 1 heterocycles. The van der Waals surface area contributed by atoms with Crippen LogP contribution in [0.5, 0.6) is 0 Å². The highest BCUT2D eigenvalue weighted by atomic mass is 16.3. The summed E-state index contributed by atoms with van der Waals surface area (Å²) in [6, 6.07) is 19.7. The van der Waals surface area contributed by atoms with Gasteiger partial charge in [-0.15, -0.1) is 0 Å². The van der Waals surface area contributed by atoms with Crippen LogP contribution in [0.2, 0.25) is 0 Å². The third kappa shape index (κ3) is 3.88. The Morgan fingerprint density at radius 3 is 2.33 bits per heavy atom. The van der Waals surface area contributed by atoms with Crippen LogP contribution in [0.1, 0.15) is 24.3 Å². The molecule has 0 amide bonds. The number of aliphatic hydroxyl groups is 1. The Kier molecular flexibility index (Phi) is 5.36. The first kappa shape index (κ1) is 16.4. The molecule has 0 aliphatic heterocycles. The monoisotopic (exact) mass is 322 g/mol. The van der Waals surface area contributed by atoms with E-state index in [1.165, 1.54) is 0 Å². The van der Waals surface area contributed by atoms with Gasteiger partial charge in [0.25, 0.3) is 0 Å². The summed E-state index contributed by atoms with van der Waals surface area (Å²) in [6.45, 7) is 3.78. The molecule has 0 saturated carbocycles. The lowest BCUT2D eigenvalue weighted by molar-refractivity contribution is 0.174. The first-order chi connectivity index (χ1) is 11.8. The van der Waals surface area contributed by atoms with Crippen LogP contribution in [0.25, 0.3) is 11.3 Å². The molecule has 5 nitrogen and oxygen atoms in total. The van der Waals surface area contributed by atoms with E-state index in [0.717, 1.165) is 29.1 Å². The first-order valence-corrected chi connectivity index (χ1v) is 8.21. The average molecular weight is 322 g/mol. The molecule has 0 saturated heterocycles. The summed E-state index contributed by atoms with van der Waals surface area (Å²) < 4.78 is 0. The van der Waals surface area contributed by atoms with Gasteiger partial charge in [-0.2, -0.15) is 15.0 Å². The summed E-state index contributed by atoms with van der Waals surface area (Å²) in [6.07, 6.45) is -0.535. The van der Waals surface area contributed by atoms with E-state index in [9.17, 15) is 5.11 Å². The SMILES string of the molecule is CCn1nc(CNC[C@@H](O)c2ccccc2)c(-c2ccccc2)n1. The number of aromatic nitrogens is 3. The minimum atomic E-state index is -0.535. The molecule has 1 aromatic heterocycles. The highest BCUT2D eigenvalue weighted by Crippen LogP contribution is 2.20. The molecular weight excluding hydrogens is 300 g/mol. The lowest BCUT2D eigenvalue weighted by Gasteiger charge is -2.11. The van der Waals surface area contributed by atoms with Crippen molar-refractivity contribution in [1.29, 1.82) is 0 Å². The topological polar surface area (TPSA) is 63.0 Å². The van der Waals surface area contributed by atoms with E-state index in [2.05, 4.69) is 15.5 Å². The van der Waals surface area contributed by atoms with Gasteiger partial charge in [-0.25, -0.2) is 0 Å². The molecule has 0 aliphatic rings. The quantitative estimate of drug-likeness (QED) is 0.702. The number of nitrogens with one attached hydrogen (secondary N) is 1. The molecule has 3 rings (SSSR count). The number of benzene rings is 2. The lowest BCUT2D eigenvalue weighted by atomic mass is 10.1. The van der Waals surface area contributed by atoms with Gasteiger partial charge in [0, 0.05) is 18.7 Å². The number of nitrogens with zero attached hydrogens (tertiary/aromatic N) is 3. The number of aryl methyl sites for hydroxylation is 1. The molecule has 0 aliphatic carbocycles. The summed E-state index contributed by atoms with van der Waals surface area (Å²) in [4.78, 5) is 1.70. The zero-order chi connectivity index (χ0) is 16.8. The fourth-order valence-corrected chi connectivity index (χ4v) is 2.58. The fourth-order valence-electron chi connectivity index (χ4n) is 2.58. The van der Waals surface area contributed by atoms with Crippen LogP contribution in [0.3, 0.4) is 0 Å². The van der Waals surface area contributed by atoms with Crippen molar-refractivity contribution in [2.45, 2.75) is 26.1 Å². The largest absolute Gasteiger partial charge is 0.387 e. The van der Waals surface area contributed by atoms with Crippen LogP contribution in [0, 0.1) is 0 Å². The second-order valence-electron chi connectivity index (χ2n) is 5.61. The highest BCUT2D eigenvalue weighted by molar-refractivity contribution is 5.60. The van der Waals surface area contributed by atoms with E-state index in [0.29, 0.717) is 13.1 Å². The molecule has 1 atom stereocenters. The second-order valence-corrected chi connectivity index (χ2v) is 5.61. The van der Waals surface area contributed by atoms with Gasteiger partial charge >= 0.3 is 0 Å². The van der Waals surface area contributed by atoms with Gasteiger partial charge in [-0.3, -0.25) is 0 Å². The van der Waals surface area contributed by atoms with E-state index in [-0.39, 0.29) is 0 Å². The van der Waals surface area contributed by atoms with Crippen molar-refractivity contribution >= 4 is 0 Å². The normalized spacial score (nSPS) is 12.2. The summed E-state index contributed by atoms with van der Waals surface area (Å²) in [7, 11) is 0. The van der Waals surface area contributed by atoms with E-state index in [1.54, 1.807) is 4.80 Å². The van der Waals surface area contributed by atoms with E-state index < -0.39 is 6.10 Å². The van der Waals surface area contributed by atoms with E-state index >= 15 is 0 Å². The summed E-state index contributed by atoms with van der Waals surface area (Å²) >= 11 is 0. The molecule has 3 aromatic rings. The Morgan fingerprint density at radius 1 is 1.00 bits per heavy atom. The molecule has 2 aromatic carbocycles. The van der Waals surface area contributed by atoms with Gasteiger partial charge in [0.2, 0.25) is 0 Å². The van der Waals surface area contributed by atoms with Gasteiger partial charge in [-0.1, -0.05) is 60.7 Å². The molecule has 24 heavy (non-hydrogen) atoms. The summed E-state index contributed by atoms with van der Waals surface area (Å²) in [5.74, 6) is 0. The maximum absolute atomic E-state index is 10.2. The first-order valence-electron chi connectivity index (χ1n) is 8.21. The maximum atomic E-state index is 10.2. The average Bonchev–Trinajstić information content (AvgIpc) is 3.06. The fraction of sp³-hybridized carbons (Fsp3) is 0.263. The number of hydrogen-bond donors (Lipinski definition) is 2. The Bertz CT molecular complexity index is 756. The Hall–Kier alpha value is -2.50. The molecule has 0 bridgehead atoms. The Labute approximate surface area is 142 Å². The van der Waals surface area contributed by atoms with Crippen LogP contribution in [0.4, 0.5) is 0 Å². The minimum absolute atomic E-state index is 0.469. The van der Waals surface area contributed by atoms with Gasteiger partial charge in [0.05, 0.1) is 12.6 Å². The van der Waals surface area contributed by atoms with Crippen LogP contribution in [-0.2, 0) is 13.1 Å². The maximum Gasteiger partial charge on any atom is 0.117 e. The second kappa shape index (κ2) is 7.86. The molecule has 0 fully saturated rings. The van der Waals surface area contributed by atoms with Crippen LogP contribution in [-0.4, -0.2) is 26.6 Å². The van der Waals surface area contributed by atoms with Crippen molar-refractivity contribution < 1.29 is 5.11 Å². The van der Waals surface area contributed by atoms with Gasteiger partial charge in [0.1, 0.15) is 11.4 Å². The van der Waals surface area contributed by atoms with E-state index in [4.69, 9.17) is 0 Å². The zero-order valence-corrected chi connectivity index (χ0v) is 13.8. The Morgan fingerprint density at radius 2 is 1.67 bits per heavy atom. The number of hydrogen-bond acceptors (Lipinski definition) is 4. The molecular formula is C19H22N4O. The predicted molar refractivity (Wildman–Crippen MR) is 94.2 cm³/mol. The van der Waals surface area contributed by atoms with Crippen molar-refractivity contribution in [2.75, 3.05) is 6.54 Å². The molecule has 0 radical (unpaired) electrons. The van der Waals surface area contributed by atoms with Crippen molar-refractivity contribution in [3.8, 4) is 11.3 Å². The predicted octanol–water partition coefficient (Wildman–Crippen LogP) is 2.79. The van der Waals surface area contributed by atoms with Gasteiger partial charge < -0.3 is 10.4 Å². The van der Waals surface area contributed by atoms with Gasteiger partial charge in [-0.05, 0) is 12.5 Å². The molecule has 124 valence electrons. The third-order valence-electron chi connectivity index (χ3n) is 3.87. The van der Waals surface area contributed by atoms with Crippen LogP contribution >= 0.6 is 0 Å². The summed E-state index contributed by atoms with van der Waals surface area (Å²) in [5.41, 5.74) is 3.74. The van der Waals surface area contributed by atoms with Crippen LogP contribution in [0.15, 0.2) is 60.7 Å². The zero-order valence-electron chi connectivity index (χ0n) is 13.8. The highest BCUT2D eigenvalue weighted by Gasteiger charge is 2.13. The van der Waals surface area contributed by atoms with Crippen molar-refractivity contribution in [3.05, 3.63) is 71.9 Å². The molecule has 5 heteroatoms. The van der Waals surface area contributed by atoms with E-state index in [1.807, 2.05) is 67.6 Å². The Balaban J connectivity index is 1.68. The number of aliphatic hydroxyl groups excluding tert-OH is 1. The summed E-state index contributed by atoms with van der Waals surface area (Å²) in [5, 5.41) is 22.6. The molecule has 2 N–H and O–H groups in total. The third-order valence-corrected chi connectivity index (χ3v) is 3.87. The standard InChI is InChI=1S/C19H22N4O/c1-2-23-21-17(19(22-23)16-11-7-4-8-12-16)13-20-14-18(24)15-9-5-3-6-10-15/h3-12,18,20,24H,2,13-14H2,1H3/t18-/m1/s1. The van der Waals surface area contributed by atoms with Gasteiger partial charge in [0.15, 0.2) is 0 Å². The van der Waals surface area contributed by atoms with Crippen molar-refractivity contribution in [2.24, 2.45) is 0 Å². The van der Waals surface area contributed by atoms with Crippen molar-refractivity contribution in [3.63, 3.8) is 0 Å². The smallest absolute Gasteiger partial charge is 0.117 e. The molecule has 0 unspecified atom stereocenters.